The number of hydrogen-bond donors (Lipinski definition) is 1. The molecular weight excluding hydrogens is 281 g/mol. The molecular formula is C14H11Cl2N3. The van der Waals surface area contributed by atoms with Crippen LogP contribution < -0.4 is 5.32 Å². The van der Waals surface area contributed by atoms with Gasteiger partial charge in [-0.2, -0.15) is 0 Å². The molecule has 3 rings (SSSR count). The number of benzene rings is 2. The van der Waals surface area contributed by atoms with Crippen molar-refractivity contribution in [3.8, 4) is 0 Å². The molecule has 0 aliphatic rings. The second-order valence-corrected chi connectivity index (χ2v) is 4.31. The highest BCUT2D eigenvalue weighted by Gasteiger charge is 2.03. The first-order valence-corrected chi connectivity index (χ1v) is 5.93. The Morgan fingerprint density at radius 2 is 1.79 bits per heavy atom. The van der Waals surface area contributed by atoms with Gasteiger partial charge in [0.05, 0.1) is 5.52 Å². The molecule has 0 saturated carbocycles. The number of para-hydroxylation sites is 1. The lowest BCUT2D eigenvalue weighted by atomic mass is 10.2. The zero-order valence-corrected chi connectivity index (χ0v) is 11.4. The molecule has 5 heteroatoms. The Balaban J connectivity index is 0.00000133. The van der Waals surface area contributed by atoms with Crippen LogP contribution in [0.5, 0.6) is 0 Å². The highest BCUT2D eigenvalue weighted by atomic mass is 35.5. The lowest BCUT2D eigenvalue weighted by molar-refractivity contribution is 1.22. The zero-order valence-electron chi connectivity index (χ0n) is 9.88. The van der Waals surface area contributed by atoms with Gasteiger partial charge in [0.25, 0.3) is 0 Å². The fourth-order valence-corrected chi connectivity index (χ4v) is 2.00. The summed E-state index contributed by atoms with van der Waals surface area (Å²) >= 11 is 5.96. The highest BCUT2D eigenvalue weighted by molar-refractivity contribution is 6.30. The van der Waals surface area contributed by atoms with E-state index in [1.807, 2.05) is 48.5 Å². The third kappa shape index (κ3) is 2.95. The van der Waals surface area contributed by atoms with Crippen LogP contribution in [-0.4, -0.2) is 9.97 Å². The second-order valence-electron chi connectivity index (χ2n) is 3.87. The molecule has 0 bridgehead atoms. The van der Waals surface area contributed by atoms with E-state index in [0.29, 0.717) is 5.02 Å². The Hall–Kier alpha value is -1.84. The average molecular weight is 292 g/mol. The van der Waals surface area contributed by atoms with E-state index in [1.165, 1.54) is 0 Å². The number of hydrogen-bond acceptors (Lipinski definition) is 3. The summed E-state index contributed by atoms with van der Waals surface area (Å²) in [6.45, 7) is 0. The Labute approximate surface area is 122 Å². The zero-order chi connectivity index (χ0) is 12.4. The van der Waals surface area contributed by atoms with E-state index >= 15 is 0 Å². The third-order valence-corrected chi connectivity index (χ3v) is 2.87. The first-order valence-electron chi connectivity index (χ1n) is 5.55. The predicted octanol–water partition coefficient (Wildman–Crippen LogP) is 4.45. The minimum atomic E-state index is 0. The molecule has 0 atom stereocenters. The van der Waals surface area contributed by atoms with Crippen molar-refractivity contribution >= 4 is 46.4 Å². The van der Waals surface area contributed by atoms with Crippen LogP contribution in [0.1, 0.15) is 0 Å². The van der Waals surface area contributed by atoms with Gasteiger partial charge in [-0.25, -0.2) is 9.97 Å². The van der Waals surface area contributed by atoms with Crippen LogP contribution in [0.25, 0.3) is 10.9 Å². The van der Waals surface area contributed by atoms with Gasteiger partial charge in [-0.05, 0) is 30.3 Å². The number of halogens is 2. The standard InChI is InChI=1S/C14H10ClN3.ClH/c15-10-4-3-5-11(8-10)18-14-12-6-1-2-7-13(12)16-9-17-14;/h1-9H,(H,16,17,18);1H. The van der Waals surface area contributed by atoms with Gasteiger partial charge in [-0.15, -0.1) is 12.4 Å². The summed E-state index contributed by atoms with van der Waals surface area (Å²) in [5.41, 5.74) is 1.82. The van der Waals surface area contributed by atoms with Gasteiger partial charge < -0.3 is 5.32 Å². The molecule has 0 amide bonds. The molecule has 3 nitrogen and oxygen atoms in total. The molecule has 0 aliphatic carbocycles. The molecule has 1 aromatic heterocycles. The number of nitrogens with zero attached hydrogens (tertiary/aromatic N) is 2. The molecule has 19 heavy (non-hydrogen) atoms. The maximum atomic E-state index is 5.96. The highest BCUT2D eigenvalue weighted by Crippen LogP contribution is 2.23. The third-order valence-electron chi connectivity index (χ3n) is 2.63. The molecule has 0 saturated heterocycles. The molecule has 1 N–H and O–H groups in total. The molecule has 96 valence electrons. The Kier molecular flexibility index (Phi) is 4.20. The van der Waals surface area contributed by atoms with Crippen molar-refractivity contribution in [1.29, 1.82) is 0 Å². The molecule has 2 aromatic carbocycles. The molecule has 0 aliphatic heterocycles. The van der Waals surface area contributed by atoms with Crippen LogP contribution in [0.2, 0.25) is 5.02 Å². The van der Waals surface area contributed by atoms with E-state index in [9.17, 15) is 0 Å². The molecule has 1 heterocycles. The van der Waals surface area contributed by atoms with Gasteiger partial charge in [0.1, 0.15) is 12.1 Å². The summed E-state index contributed by atoms with van der Waals surface area (Å²) in [6.07, 6.45) is 1.55. The fraction of sp³-hybridized carbons (Fsp3) is 0. The molecule has 0 spiro atoms. The second kappa shape index (κ2) is 5.87. The maximum Gasteiger partial charge on any atom is 0.141 e. The van der Waals surface area contributed by atoms with Gasteiger partial charge in [0, 0.05) is 16.1 Å². The van der Waals surface area contributed by atoms with Crippen molar-refractivity contribution in [1.82, 2.24) is 9.97 Å². The largest absolute Gasteiger partial charge is 0.340 e. The van der Waals surface area contributed by atoms with Gasteiger partial charge >= 0.3 is 0 Å². The van der Waals surface area contributed by atoms with Crippen molar-refractivity contribution in [2.45, 2.75) is 0 Å². The van der Waals surface area contributed by atoms with Crippen molar-refractivity contribution in [2.24, 2.45) is 0 Å². The van der Waals surface area contributed by atoms with Gasteiger partial charge in [0.15, 0.2) is 0 Å². The minimum Gasteiger partial charge on any atom is -0.340 e. The van der Waals surface area contributed by atoms with Gasteiger partial charge in [0.2, 0.25) is 0 Å². The SMILES string of the molecule is Cl.Clc1cccc(Nc2ncnc3ccccc23)c1. The van der Waals surface area contributed by atoms with Crippen LogP contribution in [0.3, 0.4) is 0 Å². The van der Waals surface area contributed by atoms with Crippen molar-refractivity contribution in [3.63, 3.8) is 0 Å². The predicted molar refractivity (Wildman–Crippen MR) is 81.5 cm³/mol. The Bertz CT molecular complexity index is 696. The van der Waals surface area contributed by atoms with Crippen molar-refractivity contribution in [3.05, 3.63) is 59.9 Å². The number of anilines is 2. The lowest BCUT2D eigenvalue weighted by Crippen LogP contribution is -1.95. The van der Waals surface area contributed by atoms with Crippen LogP contribution in [0, 0.1) is 0 Å². The summed E-state index contributed by atoms with van der Waals surface area (Å²) < 4.78 is 0. The van der Waals surface area contributed by atoms with Gasteiger partial charge in [-0.1, -0.05) is 29.8 Å². The Morgan fingerprint density at radius 3 is 2.63 bits per heavy atom. The van der Waals surface area contributed by atoms with Crippen LogP contribution in [0.15, 0.2) is 54.9 Å². The van der Waals surface area contributed by atoms with E-state index in [4.69, 9.17) is 11.6 Å². The summed E-state index contributed by atoms with van der Waals surface area (Å²) in [7, 11) is 0. The molecule has 0 radical (unpaired) electrons. The summed E-state index contributed by atoms with van der Waals surface area (Å²) in [5, 5.41) is 4.93. The minimum absolute atomic E-state index is 0. The smallest absolute Gasteiger partial charge is 0.141 e. The van der Waals surface area contributed by atoms with E-state index in [0.717, 1.165) is 22.4 Å². The summed E-state index contributed by atoms with van der Waals surface area (Å²) in [6, 6.07) is 15.4. The van der Waals surface area contributed by atoms with Gasteiger partial charge in [-0.3, -0.25) is 0 Å². The topological polar surface area (TPSA) is 37.8 Å². The van der Waals surface area contributed by atoms with Crippen LogP contribution in [-0.2, 0) is 0 Å². The number of aromatic nitrogens is 2. The van der Waals surface area contributed by atoms with E-state index in [1.54, 1.807) is 6.33 Å². The van der Waals surface area contributed by atoms with E-state index in [-0.39, 0.29) is 12.4 Å². The quantitative estimate of drug-likeness (QED) is 0.758. The average Bonchev–Trinajstić information content (AvgIpc) is 2.39. The number of rotatable bonds is 2. The van der Waals surface area contributed by atoms with Crippen molar-refractivity contribution < 1.29 is 0 Å². The molecule has 3 aromatic rings. The first-order chi connectivity index (χ1) is 8.83. The maximum absolute atomic E-state index is 5.96. The summed E-state index contributed by atoms with van der Waals surface area (Å²) in [4.78, 5) is 8.49. The number of nitrogens with one attached hydrogen (secondary N) is 1. The number of fused-ring (bicyclic) bond motifs is 1. The normalized spacial score (nSPS) is 9.95. The van der Waals surface area contributed by atoms with Crippen molar-refractivity contribution in [2.75, 3.05) is 5.32 Å². The molecule has 0 unspecified atom stereocenters. The summed E-state index contributed by atoms with van der Waals surface area (Å²) in [5.74, 6) is 0.780. The van der Waals surface area contributed by atoms with E-state index < -0.39 is 0 Å². The fourth-order valence-electron chi connectivity index (χ4n) is 1.81. The van der Waals surface area contributed by atoms with E-state index in [2.05, 4.69) is 15.3 Å². The molecule has 0 fully saturated rings. The Morgan fingerprint density at radius 1 is 0.947 bits per heavy atom. The lowest BCUT2D eigenvalue weighted by Gasteiger charge is -2.08. The first kappa shape index (κ1) is 13.6. The van der Waals surface area contributed by atoms with Crippen LogP contribution >= 0.6 is 24.0 Å². The van der Waals surface area contributed by atoms with Crippen LogP contribution in [0.4, 0.5) is 11.5 Å². The monoisotopic (exact) mass is 291 g/mol.